The third-order valence-corrected chi connectivity index (χ3v) is 3.18. The minimum Gasteiger partial charge on any atom is -0.469 e. The Bertz CT molecular complexity index is 531. The van der Waals surface area contributed by atoms with Gasteiger partial charge in [0.15, 0.2) is 0 Å². The van der Waals surface area contributed by atoms with Crippen LogP contribution in [0.15, 0.2) is 41.0 Å². The number of aryl methyl sites for hydroxylation is 1. The molecular formula is C16H22N2O. The van der Waals surface area contributed by atoms with E-state index in [4.69, 9.17) is 10.3 Å². The van der Waals surface area contributed by atoms with Crippen LogP contribution in [0.2, 0.25) is 0 Å². The molecule has 0 spiro atoms. The Morgan fingerprint density at radius 2 is 2.00 bits per heavy atom. The second kappa shape index (κ2) is 6.04. The standard InChI is InChI=1S/C16H22N2O/c1-11(2)7-13-5-4-6-14(9-13)16(18-17)15-8-12(3)19-10-15/h4-6,8-11,16,18H,7,17H2,1-3H3. The summed E-state index contributed by atoms with van der Waals surface area (Å²) in [7, 11) is 0. The van der Waals surface area contributed by atoms with E-state index >= 15 is 0 Å². The number of hydrogen-bond acceptors (Lipinski definition) is 3. The number of nitrogens with two attached hydrogens (primary N) is 1. The summed E-state index contributed by atoms with van der Waals surface area (Å²) in [6.45, 7) is 6.39. The van der Waals surface area contributed by atoms with Crippen molar-refractivity contribution >= 4 is 0 Å². The monoisotopic (exact) mass is 258 g/mol. The minimum atomic E-state index is -0.0236. The third kappa shape index (κ3) is 3.46. The zero-order valence-corrected chi connectivity index (χ0v) is 11.8. The number of nitrogens with one attached hydrogen (secondary N) is 1. The van der Waals surface area contributed by atoms with Gasteiger partial charge in [-0.05, 0) is 36.5 Å². The highest BCUT2D eigenvalue weighted by Gasteiger charge is 2.15. The Morgan fingerprint density at radius 1 is 1.21 bits per heavy atom. The molecule has 1 unspecified atom stereocenters. The SMILES string of the molecule is Cc1cc(C(NN)c2cccc(CC(C)C)c2)co1. The van der Waals surface area contributed by atoms with Crippen molar-refractivity contribution in [3.8, 4) is 0 Å². The molecule has 0 bridgehead atoms. The molecule has 2 rings (SSSR count). The summed E-state index contributed by atoms with van der Waals surface area (Å²) in [6.07, 6.45) is 2.84. The largest absolute Gasteiger partial charge is 0.469 e. The van der Waals surface area contributed by atoms with E-state index in [9.17, 15) is 0 Å². The molecule has 1 heterocycles. The van der Waals surface area contributed by atoms with Crippen molar-refractivity contribution in [2.45, 2.75) is 33.2 Å². The lowest BCUT2D eigenvalue weighted by Gasteiger charge is -2.16. The average molecular weight is 258 g/mol. The van der Waals surface area contributed by atoms with Crippen LogP contribution in [-0.4, -0.2) is 0 Å². The van der Waals surface area contributed by atoms with Gasteiger partial charge in [-0.1, -0.05) is 38.1 Å². The smallest absolute Gasteiger partial charge is 0.101 e. The highest BCUT2D eigenvalue weighted by atomic mass is 16.3. The number of hydrogen-bond donors (Lipinski definition) is 2. The predicted octanol–water partition coefficient (Wildman–Crippen LogP) is 3.34. The first-order chi connectivity index (χ1) is 9.10. The van der Waals surface area contributed by atoms with Crippen LogP contribution in [0.25, 0.3) is 0 Å². The predicted molar refractivity (Wildman–Crippen MR) is 77.6 cm³/mol. The van der Waals surface area contributed by atoms with Crippen molar-refractivity contribution in [2.75, 3.05) is 0 Å². The van der Waals surface area contributed by atoms with Gasteiger partial charge in [0, 0.05) is 5.56 Å². The van der Waals surface area contributed by atoms with E-state index in [0.29, 0.717) is 5.92 Å². The maximum Gasteiger partial charge on any atom is 0.101 e. The molecule has 3 nitrogen and oxygen atoms in total. The van der Waals surface area contributed by atoms with Gasteiger partial charge in [-0.15, -0.1) is 0 Å². The van der Waals surface area contributed by atoms with Crippen LogP contribution in [0.3, 0.4) is 0 Å². The maximum absolute atomic E-state index is 5.71. The molecule has 0 radical (unpaired) electrons. The van der Waals surface area contributed by atoms with Crippen LogP contribution >= 0.6 is 0 Å². The lowest BCUT2D eigenvalue weighted by Crippen LogP contribution is -2.28. The Morgan fingerprint density at radius 3 is 2.58 bits per heavy atom. The second-order valence-corrected chi connectivity index (χ2v) is 5.43. The number of benzene rings is 1. The molecule has 0 aliphatic rings. The van der Waals surface area contributed by atoms with Crippen molar-refractivity contribution in [3.63, 3.8) is 0 Å². The zero-order chi connectivity index (χ0) is 13.8. The molecule has 1 aromatic heterocycles. The van der Waals surface area contributed by atoms with Gasteiger partial charge in [0.05, 0.1) is 12.3 Å². The van der Waals surface area contributed by atoms with E-state index < -0.39 is 0 Å². The molecule has 2 aromatic rings. The van der Waals surface area contributed by atoms with Crippen molar-refractivity contribution in [3.05, 3.63) is 59.0 Å². The summed E-state index contributed by atoms with van der Waals surface area (Å²) in [5.41, 5.74) is 6.43. The molecule has 1 atom stereocenters. The second-order valence-electron chi connectivity index (χ2n) is 5.43. The average Bonchev–Trinajstić information content (AvgIpc) is 2.76. The van der Waals surface area contributed by atoms with Gasteiger partial charge in [0.2, 0.25) is 0 Å². The van der Waals surface area contributed by atoms with Gasteiger partial charge in [-0.3, -0.25) is 5.84 Å². The van der Waals surface area contributed by atoms with Crippen LogP contribution in [0.5, 0.6) is 0 Å². The molecule has 102 valence electrons. The van der Waals surface area contributed by atoms with Crippen molar-refractivity contribution in [1.82, 2.24) is 5.43 Å². The first-order valence-corrected chi connectivity index (χ1v) is 6.70. The maximum atomic E-state index is 5.71. The van der Waals surface area contributed by atoms with Gasteiger partial charge in [0.1, 0.15) is 5.76 Å². The van der Waals surface area contributed by atoms with E-state index in [0.717, 1.165) is 17.7 Å². The summed E-state index contributed by atoms with van der Waals surface area (Å²) >= 11 is 0. The molecular weight excluding hydrogens is 236 g/mol. The van der Waals surface area contributed by atoms with Crippen molar-refractivity contribution in [1.29, 1.82) is 0 Å². The van der Waals surface area contributed by atoms with Crippen LogP contribution < -0.4 is 11.3 Å². The van der Waals surface area contributed by atoms with Gasteiger partial charge < -0.3 is 4.42 Å². The van der Waals surface area contributed by atoms with Crippen LogP contribution in [0.1, 0.15) is 42.3 Å². The highest BCUT2D eigenvalue weighted by molar-refractivity contribution is 5.33. The van der Waals surface area contributed by atoms with Crippen LogP contribution in [-0.2, 0) is 6.42 Å². The van der Waals surface area contributed by atoms with Gasteiger partial charge in [-0.25, -0.2) is 5.43 Å². The van der Waals surface area contributed by atoms with Gasteiger partial charge >= 0.3 is 0 Å². The topological polar surface area (TPSA) is 51.2 Å². The van der Waals surface area contributed by atoms with Crippen LogP contribution in [0, 0.1) is 12.8 Å². The molecule has 0 aliphatic heterocycles. The quantitative estimate of drug-likeness (QED) is 0.639. The summed E-state index contributed by atoms with van der Waals surface area (Å²) in [5, 5.41) is 0. The first-order valence-electron chi connectivity index (χ1n) is 6.70. The molecule has 1 aromatic carbocycles. The molecule has 0 aliphatic carbocycles. The molecule has 3 N–H and O–H groups in total. The molecule has 0 amide bonds. The van der Waals surface area contributed by atoms with E-state index in [1.54, 1.807) is 6.26 Å². The molecule has 0 saturated carbocycles. The lowest BCUT2D eigenvalue weighted by molar-refractivity contribution is 0.525. The van der Waals surface area contributed by atoms with E-state index in [1.807, 2.05) is 13.0 Å². The van der Waals surface area contributed by atoms with Gasteiger partial charge in [-0.2, -0.15) is 0 Å². The Kier molecular flexibility index (Phi) is 4.40. The highest BCUT2D eigenvalue weighted by Crippen LogP contribution is 2.24. The summed E-state index contributed by atoms with van der Waals surface area (Å²) in [6, 6.07) is 10.6. The lowest BCUT2D eigenvalue weighted by atomic mass is 9.96. The fourth-order valence-corrected chi connectivity index (χ4v) is 2.37. The first kappa shape index (κ1) is 13.8. The summed E-state index contributed by atoms with van der Waals surface area (Å²) in [5.74, 6) is 7.25. The number of furan rings is 1. The fraction of sp³-hybridized carbons (Fsp3) is 0.375. The molecule has 3 heteroatoms. The van der Waals surface area contributed by atoms with E-state index in [2.05, 4.69) is 43.5 Å². The van der Waals surface area contributed by atoms with E-state index in [1.165, 1.54) is 11.1 Å². The van der Waals surface area contributed by atoms with E-state index in [-0.39, 0.29) is 6.04 Å². The van der Waals surface area contributed by atoms with Crippen molar-refractivity contribution < 1.29 is 4.42 Å². The number of rotatable bonds is 5. The summed E-state index contributed by atoms with van der Waals surface area (Å²) in [4.78, 5) is 0. The Labute approximate surface area is 114 Å². The molecule has 19 heavy (non-hydrogen) atoms. The Balaban J connectivity index is 2.28. The third-order valence-electron chi connectivity index (χ3n) is 3.18. The normalized spacial score (nSPS) is 12.9. The Hall–Kier alpha value is -1.58. The fourth-order valence-electron chi connectivity index (χ4n) is 2.37. The molecule has 0 fully saturated rings. The number of hydrazine groups is 1. The summed E-state index contributed by atoms with van der Waals surface area (Å²) < 4.78 is 5.37. The zero-order valence-electron chi connectivity index (χ0n) is 11.8. The van der Waals surface area contributed by atoms with Crippen molar-refractivity contribution in [2.24, 2.45) is 11.8 Å². The van der Waals surface area contributed by atoms with Crippen LogP contribution in [0.4, 0.5) is 0 Å². The van der Waals surface area contributed by atoms with Gasteiger partial charge in [0.25, 0.3) is 0 Å². The molecule has 0 saturated heterocycles. The minimum absolute atomic E-state index is 0.0236.